The molecule has 0 saturated heterocycles. The predicted octanol–water partition coefficient (Wildman–Crippen LogP) is 4.80. The number of aryl methyl sites for hydroxylation is 1. The summed E-state index contributed by atoms with van der Waals surface area (Å²) in [6.07, 6.45) is 0.432. The molecule has 1 aromatic heterocycles. The first kappa shape index (κ1) is 18.6. The Morgan fingerprint density at radius 3 is 2.37 bits per heavy atom. The smallest absolute Gasteiger partial charge is 0.411 e. The zero-order valence-electron chi connectivity index (χ0n) is 15.0. The van der Waals surface area contributed by atoms with E-state index in [-0.39, 0.29) is 5.91 Å². The van der Waals surface area contributed by atoms with Gasteiger partial charge in [0.05, 0.1) is 12.8 Å². The highest BCUT2D eigenvalue weighted by molar-refractivity contribution is 7.14. The molecule has 3 rings (SSSR count). The van der Waals surface area contributed by atoms with Crippen molar-refractivity contribution in [2.24, 2.45) is 0 Å². The molecule has 7 heteroatoms. The first-order chi connectivity index (χ1) is 13.1. The van der Waals surface area contributed by atoms with Gasteiger partial charge in [0, 0.05) is 22.2 Å². The molecule has 6 nitrogen and oxygen atoms in total. The minimum Gasteiger partial charge on any atom is -0.453 e. The van der Waals surface area contributed by atoms with E-state index in [0.717, 1.165) is 17.7 Å². The van der Waals surface area contributed by atoms with E-state index < -0.39 is 6.09 Å². The van der Waals surface area contributed by atoms with Crippen LogP contribution < -0.4 is 10.6 Å². The van der Waals surface area contributed by atoms with Crippen molar-refractivity contribution in [3.05, 3.63) is 65.0 Å². The summed E-state index contributed by atoms with van der Waals surface area (Å²) in [5, 5.41) is 7.78. The van der Waals surface area contributed by atoms with Crippen molar-refractivity contribution in [2.75, 3.05) is 17.7 Å². The van der Waals surface area contributed by atoms with Crippen molar-refractivity contribution in [2.45, 2.75) is 13.3 Å². The van der Waals surface area contributed by atoms with E-state index in [4.69, 9.17) is 0 Å². The molecule has 0 saturated carbocycles. The lowest BCUT2D eigenvalue weighted by Gasteiger charge is -2.05. The topological polar surface area (TPSA) is 80.3 Å². The maximum Gasteiger partial charge on any atom is 0.411 e. The van der Waals surface area contributed by atoms with Gasteiger partial charge < -0.3 is 4.74 Å². The number of thiazole rings is 1. The summed E-state index contributed by atoms with van der Waals surface area (Å²) in [5.74, 6) is -0.262. The maximum atomic E-state index is 12.4. The molecule has 27 heavy (non-hydrogen) atoms. The third-order valence-corrected chi connectivity index (χ3v) is 4.72. The van der Waals surface area contributed by atoms with Crippen LogP contribution in [0.15, 0.2) is 53.9 Å². The van der Waals surface area contributed by atoms with Gasteiger partial charge >= 0.3 is 6.09 Å². The maximum absolute atomic E-state index is 12.4. The number of hydrogen-bond acceptors (Lipinski definition) is 5. The lowest BCUT2D eigenvalue weighted by molar-refractivity contribution is 0.102. The van der Waals surface area contributed by atoms with Crippen LogP contribution in [0, 0.1) is 0 Å². The Labute approximate surface area is 161 Å². The van der Waals surface area contributed by atoms with Gasteiger partial charge in [0.25, 0.3) is 5.91 Å². The molecule has 0 spiro atoms. The number of ether oxygens (including phenoxy) is 1. The number of nitrogens with one attached hydrogen (secondary N) is 2. The van der Waals surface area contributed by atoms with Gasteiger partial charge in [0.1, 0.15) is 0 Å². The lowest BCUT2D eigenvalue weighted by Crippen LogP contribution is -2.13. The number of hydrogen-bond donors (Lipinski definition) is 2. The molecule has 0 aliphatic rings. The first-order valence-corrected chi connectivity index (χ1v) is 9.28. The SMILES string of the molecule is CCc1ccc(-c2csc(NC(=O)c3ccc(NC(=O)OC)cc3)n2)cc1. The summed E-state index contributed by atoms with van der Waals surface area (Å²) < 4.78 is 4.53. The first-order valence-electron chi connectivity index (χ1n) is 8.40. The average molecular weight is 381 g/mol. The lowest BCUT2D eigenvalue weighted by atomic mass is 10.1. The largest absolute Gasteiger partial charge is 0.453 e. The van der Waals surface area contributed by atoms with Crippen LogP contribution in [-0.4, -0.2) is 24.1 Å². The molecule has 2 N–H and O–H groups in total. The van der Waals surface area contributed by atoms with Gasteiger partial charge in [-0.2, -0.15) is 0 Å². The Hall–Kier alpha value is -3.19. The molecule has 0 aliphatic heterocycles. The van der Waals surface area contributed by atoms with Gasteiger partial charge in [-0.3, -0.25) is 15.4 Å². The quantitative estimate of drug-likeness (QED) is 0.665. The van der Waals surface area contributed by atoms with Crippen LogP contribution in [0.2, 0.25) is 0 Å². The fourth-order valence-corrected chi connectivity index (χ4v) is 3.13. The van der Waals surface area contributed by atoms with Crippen LogP contribution in [0.5, 0.6) is 0 Å². The predicted molar refractivity (Wildman–Crippen MR) is 107 cm³/mol. The van der Waals surface area contributed by atoms with E-state index >= 15 is 0 Å². The molecule has 0 bridgehead atoms. The normalized spacial score (nSPS) is 10.3. The second-order valence-corrected chi connectivity index (χ2v) is 6.59. The Morgan fingerprint density at radius 2 is 1.74 bits per heavy atom. The molecule has 0 atom stereocenters. The summed E-state index contributed by atoms with van der Waals surface area (Å²) in [7, 11) is 1.29. The summed E-state index contributed by atoms with van der Waals surface area (Å²) in [6, 6.07) is 14.7. The molecule has 138 valence electrons. The number of rotatable bonds is 5. The van der Waals surface area contributed by atoms with Gasteiger partial charge in [-0.15, -0.1) is 11.3 Å². The second kappa shape index (κ2) is 8.46. The number of carbonyl (C=O) groups excluding carboxylic acids is 2. The molecule has 0 unspecified atom stereocenters. The minimum atomic E-state index is -0.561. The zero-order valence-corrected chi connectivity index (χ0v) is 15.8. The molecule has 2 aromatic carbocycles. The average Bonchev–Trinajstić information content (AvgIpc) is 3.17. The number of methoxy groups -OCH3 is 1. The van der Waals surface area contributed by atoms with Gasteiger partial charge in [-0.1, -0.05) is 31.2 Å². The highest BCUT2D eigenvalue weighted by Gasteiger charge is 2.11. The van der Waals surface area contributed by atoms with E-state index in [9.17, 15) is 9.59 Å². The van der Waals surface area contributed by atoms with Crippen LogP contribution in [0.4, 0.5) is 15.6 Å². The Balaban J connectivity index is 1.65. The summed E-state index contributed by atoms with van der Waals surface area (Å²) in [6.45, 7) is 2.11. The summed E-state index contributed by atoms with van der Waals surface area (Å²) >= 11 is 1.38. The van der Waals surface area contributed by atoms with Crippen molar-refractivity contribution in [1.82, 2.24) is 4.98 Å². The monoisotopic (exact) mass is 381 g/mol. The number of carbonyl (C=O) groups is 2. The number of nitrogens with zero attached hydrogens (tertiary/aromatic N) is 1. The molecule has 0 aliphatic carbocycles. The van der Waals surface area contributed by atoms with Crippen molar-refractivity contribution in [3.8, 4) is 11.3 Å². The number of aromatic nitrogens is 1. The fraction of sp³-hybridized carbons (Fsp3) is 0.150. The minimum absolute atomic E-state index is 0.262. The third kappa shape index (κ3) is 4.71. The number of amides is 2. The van der Waals surface area contributed by atoms with Gasteiger partial charge in [-0.25, -0.2) is 9.78 Å². The van der Waals surface area contributed by atoms with Crippen molar-refractivity contribution in [1.29, 1.82) is 0 Å². The summed E-state index contributed by atoms with van der Waals surface area (Å²) in [4.78, 5) is 28.0. The number of benzene rings is 2. The zero-order chi connectivity index (χ0) is 19.2. The molecule has 0 fully saturated rings. The summed E-state index contributed by atoms with van der Waals surface area (Å²) in [5.41, 5.74) is 4.13. The molecule has 0 radical (unpaired) electrons. The van der Waals surface area contributed by atoms with Crippen molar-refractivity contribution in [3.63, 3.8) is 0 Å². The van der Waals surface area contributed by atoms with Crippen LogP contribution in [-0.2, 0) is 11.2 Å². The van der Waals surface area contributed by atoms with Crippen molar-refractivity contribution < 1.29 is 14.3 Å². The van der Waals surface area contributed by atoms with E-state index in [2.05, 4.69) is 39.4 Å². The highest BCUT2D eigenvalue weighted by atomic mass is 32.1. The van der Waals surface area contributed by atoms with Crippen LogP contribution in [0.1, 0.15) is 22.8 Å². The molecule has 1 heterocycles. The number of anilines is 2. The van der Waals surface area contributed by atoms with Gasteiger partial charge in [0.15, 0.2) is 5.13 Å². The third-order valence-electron chi connectivity index (χ3n) is 3.96. The molecule has 3 aromatic rings. The van der Waals surface area contributed by atoms with Crippen LogP contribution >= 0.6 is 11.3 Å². The van der Waals surface area contributed by atoms with Crippen LogP contribution in [0.25, 0.3) is 11.3 Å². The van der Waals surface area contributed by atoms with Crippen LogP contribution in [0.3, 0.4) is 0 Å². The fourth-order valence-electron chi connectivity index (χ4n) is 2.42. The van der Waals surface area contributed by atoms with Crippen molar-refractivity contribution >= 4 is 34.2 Å². The van der Waals surface area contributed by atoms with E-state index in [0.29, 0.717) is 16.4 Å². The van der Waals surface area contributed by atoms with E-state index in [1.807, 2.05) is 17.5 Å². The molecular weight excluding hydrogens is 362 g/mol. The molecular formula is C20H19N3O3S. The second-order valence-electron chi connectivity index (χ2n) is 5.74. The molecule has 2 amide bonds. The van der Waals surface area contributed by atoms with Gasteiger partial charge in [-0.05, 0) is 36.2 Å². The Morgan fingerprint density at radius 1 is 1.04 bits per heavy atom. The van der Waals surface area contributed by atoms with E-state index in [1.165, 1.54) is 24.0 Å². The standard InChI is InChI=1S/C20H19N3O3S/c1-3-13-4-6-14(7-5-13)17-12-27-19(22-17)23-18(24)15-8-10-16(11-9-15)21-20(25)26-2/h4-12H,3H2,1-2H3,(H,21,25)(H,22,23,24). The Kier molecular flexibility index (Phi) is 5.83. The highest BCUT2D eigenvalue weighted by Crippen LogP contribution is 2.25. The van der Waals surface area contributed by atoms with E-state index in [1.54, 1.807) is 24.3 Å². The Bertz CT molecular complexity index is 934. The van der Waals surface area contributed by atoms with Gasteiger partial charge in [0.2, 0.25) is 0 Å².